The van der Waals surface area contributed by atoms with Crippen LogP contribution in [0.25, 0.3) is 0 Å². The van der Waals surface area contributed by atoms with Gasteiger partial charge in [0.15, 0.2) is 0 Å². The Labute approximate surface area is 165 Å². The van der Waals surface area contributed by atoms with Crippen molar-refractivity contribution >= 4 is 37.7 Å². The van der Waals surface area contributed by atoms with Gasteiger partial charge in [-0.1, -0.05) is 15.9 Å². The number of carbonyl (C=O) groups is 1. The number of phenolic OH excluding ortho intramolecular Hbond substituents is 1. The molecule has 2 unspecified atom stereocenters. The molecule has 3 N–H and O–H groups in total. The molecule has 2 heterocycles. The number of nitrogens with zero attached hydrogens (tertiary/aromatic N) is 3. The predicted octanol–water partition coefficient (Wildman–Crippen LogP) is 1.41. The molecule has 3 rings (SSSR count). The van der Waals surface area contributed by atoms with Gasteiger partial charge in [-0.2, -0.15) is 22.5 Å². The molecule has 9 nitrogen and oxygen atoms in total. The summed E-state index contributed by atoms with van der Waals surface area (Å²) in [5.41, 5.74) is 1.74. The van der Waals surface area contributed by atoms with Crippen molar-refractivity contribution < 1.29 is 18.3 Å². The Balaban J connectivity index is 1.89. The summed E-state index contributed by atoms with van der Waals surface area (Å²) >= 11 is 3.27. The largest absolute Gasteiger partial charge is 0.506 e. The van der Waals surface area contributed by atoms with E-state index in [1.807, 2.05) is 6.92 Å². The van der Waals surface area contributed by atoms with Gasteiger partial charge in [0.05, 0.1) is 17.9 Å². The fourth-order valence-electron chi connectivity index (χ4n) is 3.00. The highest BCUT2D eigenvalue weighted by Gasteiger charge is 2.41. The molecule has 0 bridgehead atoms. The van der Waals surface area contributed by atoms with Crippen LogP contribution in [0.4, 0.5) is 5.69 Å². The summed E-state index contributed by atoms with van der Waals surface area (Å²) in [6.45, 7) is 1.84. The second-order valence-corrected chi connectivity index (χ2v) is 9.08. The third-order valence-corrected chi connectivity index (χ3v) is 6.82. The van der Waals surface area contributed by atoms with Crippen molar-refractivity contribution in [2.75, 3.05) is 12.4 Å². The molecule has 1 aromatic carbocycles. The van der Waals surface area contributed by atoms with Gasteiger partial charge in [0.2, 0.25) is 5.91 Å². The van der Waals surface area contributed by atoms with Crippen LogP contribution < -0.4 is 10.0 Å². The minimum absolute atomic E-state index is 0.106. The zero-order chi connectivity index (χ0) is 19.9. The Bertz CT molecular complexity index is 991. The van der Waals surface area contributed by atoms with Gasteiger partial charge in [0.1, 0.15) is 11.8 Å². The van der Waals surface area contributed by atoms with Crippen molar-refractivity contribution in [3.05, 3.63) is 40.1 Å². The summed E-state index contributed by atoms with van der Waals surface area (Å²) in [6, 6.07) is 3.09. The number of halogens is 1. The second-order valence-electron chi connectivity index (χ2n) is 6.40. The Morgan fingerprint density at radius 1 is 1.41 bits per heavy atom. The van der Waals surface area contributed by atoms with Gasteiger partial charge >= 0.3 is 0 Å². The first-order valence-electron chi connectivity index (χ1n) is 8.13. The number of nitrogens with one attached hydrogen (secondary N) is 2. The number of hydrogen-bond acceptors (Lipinski definition) is 5. The highest BCUT2D eigenvalue weighted by molar-refractivity contribution is 9.10. The minimum atomic E-state index is -3.86. The van der Waals surface area contributed by atoms with Crippen molar-refractivity contribution in [2.45, 2.75) is 25.4 Å². The molecule has 1 saturated heterocycles. The van der Waals surface area contributed by atoms with Crippen molar-refractivity contribution in [3.63, 3.8) is 0 Å². The number of aromatic hydroxyl groups is 1. The lowest BCUT2D eigenvalue weighted by Crippen LogP contribution is -2.56. The van der Waals surface area contributed by atoms with Crippen molar-refractivity contribution in [1.29, 1.82) is 0 Å². The third-order valence-electron chi connectivity index (χ3n) is 4.74. The van der Waals surface area contributed by atoms with Gasteiger partial charge in [-0.15, -0.1) is 0 Å². The number of hydrogen-bond donors (Lipinski definition) is 3. The van der Waals surface area contributed by atoms with Crippen LogP contribution in [0.3, 0.4) is 0 Å². The van der Waals surface area contributed by atoms with E-state index >= 15 is 0 Å². The molecule has 1 aliphatic rings. The zero-order valence-corrected chi connectivity index (χ0v) is 17.4. The molecule has 2 atom stereocenters. The van der Waals surface area contributed by atoms with Gasteiger partial charge < -0.3 is 10.4 Å². The van der Waals surface area contributed by atoms with E-state index in [1.165, 1.54) is 13.1 Å². The van der Waals surface area contributed by atoms with Gasteiger partial charge in [-0.25, -0.2) is 0 Å². The van der Waals surface area contributed by atoms with Crippen LogP contribution in [0.5, 0.6) is 5.75 Å². The maximum Gasteiger partial charge on any atom is 0.280 e. The number of likely N-dealkylation sites (N-methyl/N-ethyl adjacent to an activating group) is 1. The lowest BCUT2D eigenvalue weighted by atomic mass is 10.00. The Morgan fingerprint density at radius 2 is 2.11 bits per heavy atom. The SMILES string of the molecule is Cc1c(C2CC(C(=O)Nc3cc(Br)ccc3O)N(C)S(=O)(=O)N2)cnn1C. The Morgan fingerprint density at radius 3 is 2.74 bits per heavy atom. The van der Waals surface area contributed by atoms with Gasteiger partial charge in [-0.05, 0) is 31.5 Å². The quantitative estimate of drug-likeness (QED) is 0.602. The summed E-state index contributed by atoms with van der Waals surface area (Å²) in [5.74, 6) is -0.631. The van der Waals surface area contributed by atoms with E-state index in [1.54, 1.807) is 30.1 Å². The fraction of sp³-hybridized carbons (Fsp3) is 0.375. The van der Waals surface area contributed by atoms with E-state index < -0.39 is 28.2 Å². The predicted molar refractivity (Wildman–Crippen MR) is 103 cm³/mol. The maximum absolute atomic E-state index is 12.8. The van der Waals surface area contributed by atoms with E-state index in [-0.39, 0.29) is 17.9 Å². The van der Waals surface area contributed by atoms with Gasteiger partial charge in [0.25, 0.3) is 10.2 Å². The third kappa shape index (κ3) is 3.86. The summed E-state index contributed by atoms with van der Waals surface area (Å²) in [5, 5.41) is 16.7. The smallest absolute Gasteiger partial charge is 0.280 e. The van der Waals surface area contributed by atoms with Crippen LogP contribution >= 0.6 is 15.9 Å². The maximum atomic E-state index is 12.8. The number of carbonyl (C=O) groups excluding carboxylic acids is 1. The van der Waals surface area contributed by atoms with E-state index in [0.717, 1.165) is 15.6 Å². The highest BCUT2D eigenvalue weighted by atomic mass is 79.9. The lowest BCUT2D eigenvalue weighted by molar-refractivity contribution is -0.120. The average molecular weight is 458 g/mol. The monoisotopic (exact) mass is 457 g/mol. The molecule has 1 fully saturated rings. The molecule has 0 radical (unpaired) electrons. The zero-order valence-electron chi connectivity index (χ0n) is 15.0. The number of rotatable bonds is 3. The molecular formula is C16H20BrN5O4S. The Kier molecular flexibility index (Phi) is 5.30. The number of benzene rings is 1. The summed E-state index contributed by atoms with van der Waals surface area (Å²) in [4.78, 5) is 12.8. The summed E-state index contributed by atoms with van der Waals surface area (Å²) < 4.78 is 31.0. The molecule has 27 heavy (non-hydrogen) atoms. The lowest BCUT2D eigenvalue weighted by Gasteiger charge is -2.36. The molecule has 11 heteroatoms. The number of aromatic nitrogens is 2. The molecule has 146 valence electrons. The van der Waals surface area contributed by atoms with Crippen LogP contribution in [0.2, 0.25) is 0 Å². The Hall–Kier alpha value is -1.95. The van der Waals surface area contributed by atoms with E-state index in [4.69, 9.17) is 0 Å². The van der Waals surface area contributed by atoms with Crippen LogP contribution in [0, 0.1) is 6.92 Å². The average Bonchev–Trinajstić information content (AvgIpc) is 2.92. The molecular weight excluding hydrogens is 438 g/mol. The van der Waals surface area contributed by atoms with E-state index in [2.05, 4.69) is 31.1 Å². The molecule has 0 spiro atoms. The molecule has 1 aliphatic heterocycles. The highest BCUT2D eigenvalue weighted by Crippen LogP contribution is 2.31. The van der Waals surface area contributed by atoms with Crippen molar-refractivity contribution in [3.8, 4) is 5.75 Å². The van der Waals surface area contributed by atoms with Gasteiger partial charge in [-0.3, -0.25) is 9.48 Å². The summed E-state index contributed by atoms with van der Waals surface area (Å²) in [7, 11) is -0.744. The van der Waals surface area contributed by atoms with Crippen LogP contribution in [-0.2, 0) is 22.1 Å². The first kappa shape index (κ1) is 19.8. The van der Waals surface area contributed by atoms with Gasteiger partial charge in [0, 0.05) is 29.8 Å². The number of aryl methyl sites for hydroxylation is 1. The van der Waals surface area contributed by atoms with Crippen LogP contribution in [0.1, 0.15) is 23.7 Å². The normalized spacial score (nSPS) is 22.5. The second kappa shape index (κ2) is 7.23. The molecule has 0 aliphatic carbocycles. The first-order chi connectivity index (χ1) is 12.6. The van der Waals surface area contributed by atoms with E-state index in [9.17, 15) is 18.3 Å². The van der Waals surface area contributed by atoms with Crippen LogP contribution in [-0.4, -0.2) is 46.6 Å². The molecule has 2 aromatic rings. The van der Waals surface area contributed by atoms with Crippen LogP contribution in [0.15, 0.2) is 28.9 Å². The van der Waals surface area contributed by atoms with Crippen molar-refractivity contribution in [2.24, 2.45) is 7.05 Å². The molecule has 1 amide bonds. The minimum Gasteiger partial charge on any atom is -0.506 e. The number of anilines is 1. The fourth-order valence-corrected chi connectivity index (χ4v) is 4.62. The van der Waals surface area contributed by atoms with Crippen molar-refractivity contribution in [1.82, 2.24) is 18.8 Å². The summed E-state index contributed by atoms with van der Waals surface area (Å²) in [6.07, 6.45) is 1.83. The topological polar surface area (TPSA) is 117 Å². The number of amides is 1. The number of phenols is 1. The first-order valence-corrected chi connectivity index (χ1v) is 10.4. The molecule has 1 aromatic heterocycles. The standard InChI is InChI=1S/C16H20BrN5O4S/c1-9-11(8-18-21(9)2)12-7-14(22(3)27(25,26)20-12)16(24)19-13-6-10(17)4-5-15(13)23/h4-6,8,12,14,20,23H,7H2,1-3H3,(H,19,24). The van der Waals surface area contributed by atoms with E-state index in [0.29, 0.717) is 4.47 Å². The molecule has 0 saturated carbocycles.